The van der Waals surface area contributed by atoms with Crippen LogP contribution in [0.15, 0.2) is 187 Å². The zero-order valence-electron chi connectivity index (χ0n) is 27.2. The summed E-state index contributed by atoms with van der Waals surface area (Å²) in [4.78, 5) is 5.10. The summed E-state index contributed by atoms with van der Waals surface area (Å²) in [7, 11) is 0. The average Bonchev–Trinajstić information content (AvgIpc) is 3.70. The minimum absolute atomic E-state index is 0.395. The Bertz CT molecular complexity index is 2530. The summed E-state index contributed by atoms with van der Waals surface area (Å²) < 4.78 is 4.71. The van der Waals surface area contributed by atoms with E-state index in [9.17, 15) is 0 Å². The highest BCUT2D eigenvalue weighted by Gasteiger charge is 2.18. The molecule has 0 fully saturated rings. The summed E-state index contributed by atoms with van der Waals surface area (Å²) in [6, 6.07) is 61.1. The first-order valence-corrected chi connectivity index (χ1v) is 16.8. The Kier molecular flexibility index (Phi) is 7.25. The molecule has 9 rings (SSSR count). The number of nitrogens with one attached hydrogen (secondary N) is 1. The maximum Gasteiger partial charge on any atom is 0.0725 e. The summed E-state index contributed by atoms with van der Waals surface area (Å²) >= 11 is 0. The Morgan fingerprint density at radius 2 is 0.840 bits per heavy atom. The van der Waals surface area contributed by atoms with Crippen molar-refractivity contribution in [3.63, 3.8) is 0 Å². The second kappa shape index (κ2) is 12.3. The van der Waals surface area contributed by atoms with Crippen LogP contribution >= 0.6 is 0 Å². The van der Waals surface area contributed by atoms with Crippen LogP contribution in [0, 0.1) is 5.41 Å². The number of nitrogens with zero attached hydrogens (tertiary/aromatic N) is 3. The van der Waals surface area contributed by atoms with Crippen LogP contribution in [0.4, 0.5) is 0 Å². The van der Waals surface area contributed by atoms with Gasteiger partial charge in [0.15, 0.2) is 0 Å². The van der Waals surface area contributed by atoms with Gasteiger partial charge in [0.25, 0.3) is 0 Å². The summed E-state index contributed by atoms with van der Waals surface area (Å²) in [6.07, 6.45) is 3.77. The maximum absolute atomic E-state index is 9.15. The molecule has 0 spiro atoms. The van der Waals surface area contributed by atoms with Crippen LogP contribution in [-0.2, 0) is 0 Å². The van der Waals surface area contributed by atoms with Crippen molar-refractivity contribution < 1.29 is 0 Å². The van der Waals surface area contributed by atoms with Gasteiger partial charge in [-0.05, 0) is 59.7 Å². The molecule has 0 saturated carbocycles. The number of hydrogen-bond donors (Lipinski definition) is 1. The Morgan fingerprint density at radius 1 is 0.440 bits per heavy atom. The highest BCUT2D eigenvalue weighted by molar-refractivity contribution is 6.12. The third-order valence-electron chi connectivity index (χ3n) is 9.39. The molecule has 0 radical (unpaired) electrons. The highest BCUT2D eigenvalue weighted by atomic mass is 15.0. The van der Waals surface area contributed by atoms with E-state index >= 15 is 0 Å². The van der Waals surface area contributed by atoms with Gasteiger partial charge in [0.05, 0.1) is 33.5 Å². The van der Waals surface area contributed by atoms with E-state index in [2.05, 4.69) is 124 Å². The summed E-state index contributed by atoms with van der Waals surface area (Å²) in [5, 5.41) is 14.0. The molecule has 4 heteroatoms. The standard InChI is InChI=1S/C46H32N4/c47-41(33-17-5-2-6-18-33)30-42(48-31-32-15-3-1-4-16-32)34-27-35(49-43-23-11-7-19-37(43)38-20-8-12-24-44(38)49)29-36(28-34)50-45-25-13-9-21-39(45)40-22-10-14-26-46(40)50/h1-31,47H/b42-30-,47-41?,48-31?. The molecule has 50 heavy (non-hydrogen) atoms. The maximum atomic E-state index is 9.15. The van der Waals surface area contributed by atoms with Crippen LogP contribution in [0.25, 0.3) is 60.7 Å². The SMILES string of the molecule is N=C(/C=C(\N=Cc1ccccc1)c1cc(-n2c3ccccc3c3ccccc32)cc(-n2c3ccccc3c3ccccc32)c1)c1ccccc1. The van der Waals surface area contributed by atoms with Gasteiger partial charge in [0.1, 0.15) is 0 Å². The lowest BCUT2D eigenvalue weighted by atomic mass is 10.0. The van der Waals surface area contributed by atoms with E-state index in [0.29, 0.717) is 11.4 Å². The number of para-hydroxylation sites is 4. The lowest BCUT2D eigenvalue weighted by Gasteiger charge is -2.16. The Hall–Kier alpha value is -6.78. The van der Waals surface area contributed by atoms with Crippen molar-refractivity contribution in [2.75, 3.05) is 0 Å². The van der Waals surface area contributed by atoms with Crippen molar-refractivity contribution >= 4 is 61.2 Å². The van der Waals surface area contributed by atoms with Crippen LogP contribution < -0.4 is 0 Å². The van der Waals surface area contributed by atoms with Gasteiger partial charge in [0, 0.05) is 44.7 Å². The van der Waals surface area contributed by atoms with E-state index in [-0.39, 0.29) is 0 Å². The number of rotatable bonds is 7. The summed E-state index contributed by atoms with van der Waals surface area (Å²) in [5.74, 6) is 0. The van der Waals surface area contributed by atoms with Gasteiger partial charge in [-0.2, -0.15) is 0 Å². The van der Waals surface area contributed by atoms with Crippen LogP contribution in [0.5, 0.6) is 0 Å². The van der Waals surface area contributed by atoms with E-state index in [0.717, 1.165) is 50.1 Å². The Labute approximate surface area is 290 Å². The molecule has 0 unspecified atom stereocenters. The van der Waals surface area contributed by atoms with Crippen molar-refractivity contribution in [2.45, 2.75) is 0 Å². The van der Waals surface area contributed by atoms with Crippen molar-refractivity contribution in [3.8, 4) is 11.4 Å². The molecule has 2 heterocycles. The van der Waals surface area contributed by atoms with E-state index in [1.54, 1.807) is 0 Å². The van der Waals surface area contributed by atoms with Gasteiger partial charge in [-0.15, -0.1) is 0 Å². The molecule has 4 nitrogen and oxygen atoms in total. The number of aliphatic imine (C=N–C) groups is 1. The van der Waals surface area contributed by atoms with Gasteiger partial charge < -0.3 is 14.5 Å². The lowest BCUT2D eigenvalue weighted by Crippen LogP contribution is -2.02. The van der Waals surface area contributed by atoms with Crippen LogP contribution in [0.2, 0.25) is 0 Å². The minimum atomic E-state index is 0.395. The van der Waals surface area contributed by atoms with Crippen LogP contribution in [0.3, 0.4) is 0 Å². The van der Waals surface area contributed by atoms with Crippen molar-refractivity contribution in [1.29, 1.82) is 5.41 Å². The predicted octanol–water partition coefficient (Wildman–Crippen LogP) is 11.4. The van der Waals surface area contributed by atoms with Crippen molar-refractivity contribution in [2.24, 2.45) is 4.99 Å². The lowest BCUT2D eigenvalue weighted by molar-refractivity contribution is 1.13. The molecule has 0 aliphatic carbocycles. The highest BCUT2D eigenvalue weighted by Crippen LogP contribution is 2.37. The first-order valence-electron chi connectivity index (χ1n) is 16.8. The molecule has 9 aromatic rings. The number of fused-ring (bicyclic) bond motifs is 6. The van der Waals surface area contributed by atoms with Crippen molar-refractivity contribution in [3.05, 3.63) is 199 Å². The Morgan fingerprint density at radius 3 is 1.30 bits per heavy atom. The van der Waals surface area contributed by atoms with E-state index < -0.39 is 0 Å². The molecular weight excluding hydrogens is 609 g/mol. The minimum Gasteiger partial charge on any atom is -0.309 e. The number of hydrogen-bond acceptors (Lipinski definition) is 2. The number of allylic oxidation sites excluding steroid dienone is 1. The third-order valence-corrected chi connectivity index (χ3v) is 9.39. The normalized spacial score (nSPS) is 12.1. The van der Waals surface area contributed by atoms with E-state index in [4.69, 9.17) is 10.4 Å². The Balaban J connectivity index is 1.36. The topological polar surface area (TPSA) is 46.1 Å². The summed E-state index contributed by atoms with van der Waals surface area (Å²) in [5.41, 5.74) is 10.4. The zero-order valence-corrected chi connectivity index (χ0v) is 27.2. The third kappa shape index (κ3) is 5.11. The fourth-order valence-corrected chi connectivity index (χ4v) is 7.12. The summed E-state index contributed by atoms with van der Waals surface area (Å²) in [6.45, 7) is 0. The predicted molar refractivity (Wildman–Crippen MR) is 210 cm³/mol. The number of aromatic nitrogens is 2. The second-order valence-electron chi connectivity index (χ2n) is 12.5. The fourth-order valence-electron chi connectivity index (χ4n) is 7.12. The molecule has 0 amide bonds. The average molecular weight is 641 g/mol. The van der Waals surface area contributed by atoms with Gasteiger partial charge in [-0.25, -0.2) is 0 Å². The van der Waals surface area contributed by atoms with Gasteiger partial charge in [-0.1, -0.05) is 133 Å². The first kappa shape index (κ1) is 29.4. The monoisotopic (exact) mass is 640 g/mol. The molecule has 1 N–H and O–H groups in total. The molecule has 0 saturated heterocycles. The molecule has 0 aliphatic heterocycles. The molecule has 2 aromatic heterocycles. The van der Waals surface area contributed by atoms with E-state index in [1.165, 1.54) is 21.5 Å². The molecule has 7 aromatic carbocycles. The van der Waals surface area contributed by atoms with Crippen LogP contribution in [0.1, 0.15) is 16.7 Å². The second-order valence-corrected chi connectivity index (χ2v) is 12.5. The number of benzene rings is 7. The zero-order chi connectivity index (χ0) is 33.4. The smallest absolute Gasteiger partial charge is 0.0725 e. The van der Waals surface area contributed by atoms with Gasteiger partial charge in [0.2, 0.25) is 0 Å². The molecule has 0 aliphatic rings. The first-order chi connectivity index (χ1) is 24.7. The quantitative estimate of drug-likeness (QED) is 0.169. The van der Waals surface area contributed by atoms with Gasteiger partial charge >= 0.3 is 0 Å². The molecule has 0 atom stereocenters. The van der Waals surface area contributed by atoms with Gasteiger partial charge in [-0.3, -0.25) is 4.99 Å². The largest absolute Gasteiger partial charge is 0.309 e. The van der Waals surface area contributed by atoms with E-state index in [1.807, 2.05) is 73.0 Å². The molecular formula is C46H32N4. The fraction of sp³-hybridized carbons (Fsp3) is 0. The molecule has 0 bridgehead atoms. The van der Waals surface area contributed by atoms with Crippen molar-refractivity contribution in [1.82, 2.24) is 9.13 Å². The molecule has 236 valence electrons. The van der Waals surface area contributed by atoms with Crippen LogP contribution in [-0.4, -0.2) is 21.1 Å².